The van der Waals surface area contributed by atoms with E-state index in [1.807, 2.05) is 20.8 Å². The molecular formula is C37H62N2O6. The quantitative estimate of drug-likeness (QED) is 0.362. The Morgan fingerprint density at radius 3 is 2.38 bits per heavy atom. The monoisotopic (exact) mass is 630 g/mol. The van der Waals surface area contributed by atoms with Gasteiger partial charge in [-0.05, 0) is 119 Å². The third-order valence-electron chi connectivity index (χ3n) is 15.8. The molecule has 13 atom stereocenters. The predicted octanol–water partition coefficient (Wildman–Crippen LogP) is 5.38. The first-order valence-corrected chi connectivity index (χ1v) is 18.3. The molecule has 7 fully saturated rings. The lowest BCUT2D eigenvalue weighted by molar-refractivity contribution is -0.215. The summed E-state index contributed by atoms with van der Waals surface area (Å²) in [7, 11) is 2.07. The number of carbonyl (C=O) groups excluding carboxylic acids is 1. The maximum atomic E-state index is 12.9. The standard InChI is InChI=1S/C37H62N2O6/c1-10-43-30(33(5,6)42)23-17-21(2)27-28(44-23)29(40)35(8)25-12-11-24-32(3,4)26(45-31(41)38-22-18-39(9)19-22)13-14-36(24)20-37(25,36)16-15-34(27,35)7/h21-30,40,42H,10-20H2,1-9H3,(H,38,41)/t21-,23-,24+,25+,26+,27+,28+,29+,30+,34-,35-,36-,37+/m1/s1. The summed E-state index contributed by atoms with van der Waals surface area (Å²) in [6.07, 6.45) is 7.00. The Morgan fingerprint density at radius 1 is 1.07 bits per heavy atom. The molecule has 0 bridgehead atoms. The number of alkyl carbamates (subject to hydrolysis) is 1. The van der Waals surface area contributed by atoms with Crippen LogP contribution in [0.15, 0.2) is 0 Å². The van der Waals surface area contributed by atoms with Crippen molar-refractivity contribution in [3.63, 3.8) is 0 Å². The van der Waals surface area contributed by atoms with Crippen LogP contribution in [0.3, 0.4) is 0 Å². The first-order valence-electron chi connectivity index (χ1n) is 18.3. The van der Waals surface area contributed by atoms with Gasteiger partial charge in [-0.1, -0.05) is 34.6 Å². The number of nitrogens with one attached hydrogen (secondary N) is 1. The fourth-order valence-corrected chi connectivity index (χ4v) is 13.8. The van der Waals surface area contributed by atoms with E-state index >= 15 is 0 Å². The van der Waals surface area contributed by atoms with Crippen molar-refractivity contribution in [3.8, 4) is 0 Å². The van der Waals surface area contributed by atoms with Gasteiger partial charge in [0, 0.05) is 30.5 Å². The Balaban J connectivity index is 1.13. The number of carbonyl (C=O) groups is 1. The van der Waals surface area contributed by atoms with Crippen LogP contribution < -0.4 is 5.32 Å². The summed E-state index contributed by atoms with van der Waals surface area (Å²) in [6, 6.07) is 0.198. The molecule has 1 amide bonds. The van der Waals surface area contributed by atoms with Crippen molar-refractivity contribution in [2.45, 2.75) is 149 Å². The number of likely N-dealkylation sites (N-methyl/N-ethyl adjacent to an activating group) is 1. The van der Waals surface area contributed by atoms with Crippen LogP contribution in [-0.4, -0.2) is 90.1 Å². The highest BCUT2D eigenvalue weighted by molar-refractivity contribution is 5.68. The van der Waals surface area contributed by atoms with Crippen LogP contribution in [0.25, 0.3) is 0 Å². The summed E-state index contributed by atoms with van der Waals surface area (Å²) >= 11 is 0. The third kappa shape index (κ3) is 4.29. The minimum absolute atomic E-state index is 0.00659. The minimum atomic E-state index is -1.02. The normalized spacial score (nSPS) is 51.0. The number of fused-ring (bicyclic) bond motifs is 4. The Labute approximate surface area is 271 Å². The van der Waals surface area contributed by atoms with Crippen LogP contribution in [0.2, 0.25) is 0 Å². The van der Waals surface area contributed by atoms with Crippen molar-refractivity contribution in [1.82, 2.24) is 10.2 Å². The molecule has 0 aromatic rings. The Kier molecular flexibility index (Phi) is 7.46. The lowest BCUT2D eigenvalue weighted by Crippen LogP contribution is -2.61. The van der Waals surface area contributed by atoms with Gasteiger partial charge in [0.15, 0.2) is 0 Å². The molecule has 5 saturated carbocycles. The lowest BCUT2D eigenvalue weighted by Gasteiger charge is -2.63. The summed E-state index contributed by atoms with van der Waals surface area (Å²) in [5.74, 6) is 1.64. The lowest BCUT2D eigenvalue weighted by atomic mass is 9.41. The van der Waals surface area contributed by atoms with E-state index in [1.54, 1.807) is 0 Å². The molecule has 2 spiro atoms. The Bertz CT molecular complexity index is 1180. The molecule has 3 N–H and O–H groups in total. The molecule has 45 heavy (non-hydrogen) atoms. The van der Waals surface area contributed by atoms with E-state index in [4.69, 9.17) is 14.2 Å². The molecule has 0 aromatic carbocycles. The van der Waals surface area contributed by atoms with Gasteiger partial charge in [-0.25, -0.2) is 4.79 Å². The van der Waals surface area contributed by atoms with Crippen molar-refractivity contribution < 1.29 is 29.2 Å². The van der Waals surface area contributed by atoms with Crippen LogP contribution in [0, 0.1) is 50.7 Å². The summed E-state index contributed by atoms with van der Waals surface area (Å²) in [5, 5.41) is 26.7. The van der Waals surface area contributed by atoms with Crippen molar-refractivity contribution in [2.24, 2.45) is 50.7 Å². The van der Waals surface area contributed by atoms with E-state index in [1.165, 1.54) is 12.8 Å². The van der Waals surface area contributed by atoms with Gasteiger partial charge in [-0.15, -0.1) is 0 Å². The number of hydrogen-bond acceptors (Lipinski definition) is 7. The number of aliphatic hydroxyl groups excluding tert-OH is 1. The van der Waals surface area contributed by atoms with E-state index in [0.29, 0.717) is 24.4 Å². The summed E-state index contributed by atoms with van der Waals surface area (Å²) < 4.78 is 19.2. The van der Waals surface area contributed by atoms with Crippen LogP contribution >= 0.6 is 0 Å². The number of nitrogens with zero attached hydrogens (tertiary/aromatic N) is 1. The summed E-state index contributed by atoms with van der Waals surface area (Å²) in [4.78, 5) is 15.1. The topological polar surface area (TPSA) is 100 Å². The highest BCUT2D eigenvalue weighted by Crippen LogP contribution is 2.89. The maximum absolute atomic E-state index is 12.9. The smallest absolute Gasteiger partial charge is 0.407 e. The fourth-order valence-electron chi connectivity index (χ4n) is 13.8. The molecule has 2 heterocycles. The van der Waals surface area contributed by atoms with E-state index in [2.05, 4.69) is 51.9 Å². The number of amides is 1. The zero-order valence-corrected chi connectivity index (χ0v) is 29.5. The van der Waals surface area contributed by atoms with Gasteiger partial charge < -0.3 is 34.6 Å². The molecule has 2 saturated heterocycles. The number of ether oxygens (including phenoxy) is 3. The number of rotatable bonds is 6. The van der Waals surface area contributed by atoms with Gasteiger partial charge in [0.05, 0.1) is 30.0 Å². The van der Waals surface area contributed by atoms with E-state index in [9.17, 15) is 15.0 Å². The van der Waals surface area contributed by atoms with Crippen LogP contribution in [0.4, 0.5) is 4.79 Å². The molecule has 7 rings (SSSR count). The molecular weight excluding hydrogens is 568 g/mol. The summed E-state index contributed by atoms with van der Waals surface area (Å²) in [5.41, 5.74) is -0.816. The van der Waals surface area contributed by atoms with Gasteiger partial charge in [-0.2, -0.15) is 0 Å². The maximum Gasteiger partial charge on any atom is 0.407 e. The molecule has 2 aliphatic heterocycles. The molecule has 256 valence electrons. The largest absolute Gasteiger partial charge is 0.446 e. The minimum Gasteiger partial charge on any atom is -0.446 e. The first kappa shape index (κ1) is 32.6. The number of likely N-dealkylation sites (tertiary alicyclic amines) is 1. The van der Waals surface area contributed by atoms with Gasteiger partial charge >= 0.3 is 6.09 Å². The van der Waals surface area contributed by atoms with Crippen LogP contribution in [-0.2, 0) is 14.2 Å². The van der Waals surface area contributed by atoms with Crippen LogP contribution in [0.5, 0.6) is 0 Å². The summed E-state index contributed by atoms with van der Waals surface area (Å²) in [6.45, 7) is 19.9. The van der Waals surface area contributed by atoms with Gasteiger partial charge in [-0.3, -0.25) is 0 Å². The van der Waals surface area contributed by atoms with Crippen molar-refractivity contribution >= 4 is 6.09 Å². The van der Waals surface area contributed by atoms with Gasteiger partial charge in [0.1, 0.15) is 12.2 Å². The molecule has 0 unspecified atom stereocenters. The fraction of sp³-hybridized carbons (Fsp3) is 0.973. The first-order chi connectivity index (χ1) is 21.0. The molecule has 8 heteroatoms. The Morgan fingerprint density at radius 2 is 1.73 bits per heavy atom. The zero-order valence-electron chi connectivity index (χ0n) is 29.5. The van der Waals surface area contributed by atoms with Gasteiger partial charge in [0.25, 0.3) is 0 Å². The van der Waals surface area contributed by atoms with E-state index in [0.717, 1.165) is 51.6 Å². The molecule has 8 nitrogen and oxygen atoms in total. The van der Waals surface area contributed by atoms with E-state index in [-0.39, 0.29) is 63.4 Å². The second kappa shape index (κ2) is 10.3. The number of hydrogen-bond donors (Lipinski definition) is 3. The predicted molar refractivity (Wildman–Crippen MR) is 173 cm³/mol. The molecule has 0 aromatic heterocycles. The molecule has 7 aliphatic rings. The molecule has 5 aliphatic carbocycles. The Hall–Kier alpha value is -0.930. The zero-order chi connectivity index (χ0) is 32.5. The highest BCUT2D eigenvalue weighted by Gasteiger charge is 2.84. The van der Waals surface area contributed by atoms with E-state index < -0.39 is 17.8 Å². The molecule has 0 radical (unpaired) electrons. The van der Waals surface area contributed by atoms with Gasteiger partial charge in [0.2, 0.25) is 0 Å². The third-order valence-corrected chi connectivity index (χ3v) is 15.8. The average molecular weight is 631 g/mol. The average Bonchev–Trinajstić information content (AvgIpc) is 3.56. The SMILES string of the molecule is CCO[C@@H]([C@H]1C[C@@H](C)[C@H]2[C@H](O1)[C@H](O)[C@@]1(C)[C@@H]3CC[C@H]4C(C)(C)[C@@H](OC(=O)NC5CN(C)C5)CC[C@@]45C[C@@]35CC[C@]21C)C(C)(C)O. The van der Waals surface area contributed by atoms with Crippen LogP contribution in [0.1, 0.15) is 107 Å². The second-order valence-corrected chi connectivity index (χ2v) is 18.5. The van der Waals surface area contributed by atoms with Crippen molar-refractivity contribution in [1.29, 1.82) is 0 Å². The second-order valence-electron chi connectivity index (χ2n) is 18.5. The highest BCUT2D eigenvalue weighted by atomic mass is 16.6. The van der Waals surface area contributed by atoms with Crippen molar-refractivity contribution in [2.75, 3.05) is 26.7 Å². The van der Waals surface area contributed by atoms with Crippen molar-refractivity contribution in [3.05, 3.63) is 0 Å². The number of aliphatic hydroxyl groups is 2.